The average molecular weight is 441 g/mol. The maximum Gasteiger partial charge on any atom is 0.240 e. The molecule has 3 rings (SSSR count). The fraction of sp³-hybridized carbons (Fsp3) is 0.391. The highest BCUT2D eigenvalue weighted by atomic mass is 16.7. The molecule has 1 aliphatic heterocycles. The fourth-order valence-electron chi connectivity index (χ4n) is 3.07. The molecule has 0 aliphatic carbocycles. The van der Waals surface area contributed by atoms with Crippen molar-refractivity contribution in [1.82, 2.24) is 10.3 Å². The van der Waals surface area contributed by atoms with E-state index in [0.29, 0.717) is 35.5 Å². The lowest BCUT2D eigenvalue weighted by molar-refractivity contribution is -0.125. The number of carbonyl (C=O) groups excluding carboxylic acids is 3. The molecule has 9 nitrogen and oxygen atoms in total. The standard InChI is InChI=1S/C23H28N4O5/c1-16(2)10-12-25-22(29)14-27(17-6-7-18-19(13-17)32-15-31-18)23(30)9-8-21(28)26-20-5-3-4-11-24-20/h3-7,11,13,16H,8-10,12,14-15H2,1-2H3,(H,25,29)(H,24,26,28). The largest absolute Gasteiger partial charge is 0.454 e. The highest BCUT2D eigenvalue weighted by Gasteiger charge is 2.23. The van der Waals surface area contributed by atoms with Crippen LogP contribution in [0, 0.1) is 5.92 Å². The lowest BCUT2D eigenvalue weighted by Crippen LogP contribution is -2.41. The topological polar surface area (TPSA) is 110 Å². The molecule has 1 aromatic carbocycles. The van der Waals surface area contributed by atoms with Gasteiger partial charge in [0.2, 0.25) is 24.5 Å². The van der Waals surface area contributed by atoms with E-state index in [9.17, 15) is 14.4 Å². The van der Waals surface area contributed by atoms with Gasteiger partial charge in [-0.05, 0) is 36.6 Å². The number of anilines is 2. The number of aromatic nitrogens is 1. The van der Waals surface area contributed by atoms with Gasteiger partial charge in [0, 0.05) is 37.3 Å². The molecule has 0 unspecified atom stereocenters. The van der Waals surface area contributed by atoms with Crippen LogP contribution in [-0.2, 0) is 14.4 Å². The second-order valence-electron chi connectivity index (χ2n) is 7.81. The Labute approximate surface area is 187 Å². The van der Waals surface area contributed by atoms with Gasteiger partial charge in [0.25, 0.3) is 0 Å². The van der Waals surface area contributed by atoms with Gasteiger partial charge in [-0.25, -0.2) is 4.98 Å². The maximum atomic E-state index is 13.0. The van der Waals surface area contributed by atoms with E-state index in [0.717, 1.165) is 6.42 Å². The molecule has 0 spiro atoms. The molecule has 170 valence electrons. The molecule has 1 aromatic heterocycles. The zero-order valence-electron chi connectivity index (χ0n) is 18.3. The summed E-state index contributed by atoms with van der Waals surface area (Å²) in [7, 11) is 0. The van der Waals surface area contributed by atoms with Gasteiger partial charge in [0.15, 0.2) is 11.5 Å². The molecule has 0 atom stereocenters. The third kappa shape index (κ3) is 6.69. The van der Waals surface area contributed by atoms with Crippen molar-refractivity contribution in [3.05, 3.63) is 42.6 Å². The number of amides is 3. The van der Waals surface area contributed by atoms with E-state index in [2.05, 4.69) is 29.5 Å². The number of rotatable bonds is 10. The number of hydrogen-bond donors (Lipinski definition) is 2. The molecule has 2 heterocycles. The summed E-state index contributed by atoms with van der Waals surface area (Å²) in [6.45, 7) is 4.63. The second kappa shape index (κ2) is 11.1. The van der Waals surface area contributed by atoms with E-state index in [4.69, 9.17) is 9.47 Å². The molecule has 32 heavy (non-hydrogen) atoms. The van der Waals surface area contributed by atoms with Crippen molar-refractivity contribution in [2.45, 2.75) is 33.1 Å². The molecule has 2 N–H and O–H groups in total. The Kier molecular flexibility index (Phi) is 8.02. The van der Waals surface area contributed by atoms with Gasteiger partial charge in [-0.2, -0.15) is 0 Å². The van der Waals surface area contributed by atoms with Gasteiger partial charge < -0.3 is 25.0 Å². The minimum absolute atomic E-state index is 0.0363. The number of ether oxygens (including phenoxy) is 2. The van der Waals surface area contributed by atoms with Crippen LogP contribution in [0.4, 0.5) is 11.5 Å². The Bertz CT molecular complexity index is 949. The monoisotopic (exact) mass is 440 g/mol. The van der Waals surface area contributed by atoms with Crippen LogP contribution in [-0.4, -0.2) is 42.6 Å². The molecule has 0 bridgehead atoms. The van der Waals surface area contributed by atoms with Crippen LogP contribution in [0.25, 0.3) is 0 Å². The molecular weight excluding hydrogens is 412 g/mol. The van der Waals surface area contributed by atoms with Gasteiger partial charge in [0.05, 0.1) is 0 Å². The number of carbonyl (C=O) groups is 3. The third-order valence-electron chi connectivity index (χ3n) is 4.81. The van der Waals surface area contributed by atoms with Gasteiger partial charge >= 0.3 is 0 Å². The minimum atomic E-state index is -0.348. The SMILES string of the molecule is CC(C)CCNC(=O)CN(C(=O)CCC(=O)Nc1ccccn1)c1ccc2c(c1)OCO2. The summed E-state index contributed by atoms with van der Waals surface area (Å²) in [5, 5.41) is 5.50. The van der Waals surface area contributed by atoms with Crippen molar-refractivity contribution in [2.75, 3.05) is 30.1 Å². The number of hydrogen-bond acceptors (Lipinski definition) is 6. The van der Waals surface area contributed by atoms with E-state index in [1.807, 2.05) is 0 Å². The molecule has 9 heteroatoms. The predicted molar refractivity (Wildman–Crippen MR) is 119 cm³/mol. The molecular formula is C23H28N4O5. The first-order valence-electron chi connectivity index (χ1n) is 10.6. The molecule has 0 fully saturated rings. The van der Waals surface area contributed by atoms with Crippen LogP contribution in [0.2, 0.25) is 0 Å². The number of fused-ring (bicyclic) bond motifs is 1. The number of nitrogens with one attached hydrogen (secondary N) is 2. The number of pyridine rings is 1. The van der Waals surface area contributed by atoms with E-state index in [-0.39, 0.29) is 43.9 Å². The maximum absolute atomic E-state index is 13.0. The van der Waals surface area contributed by atoms with Gasteiger partial charge in [-0.1, -0.05) is 19.9 Å². The molecule has 1 aliphatic rings. The molecule has 0 saturated carbocycles. The van der Waals surface area contributed by atoms with Crippen LogP contribution < -0.4 is 25.0 Å². The van der Waals surface area contributed by atoms with Crippen LogP contribution >= 0.6 is 0 Å². The Balaban J connectivity index is 1.64. The minimum Gasteiger partial charge on any atom is -0.454 e. The first-order valence-corrected chi connectivity index (χ1v) is 10.6. The van der Waals surface area contributed by atoms with Crippen molar-refractivity contribution in [3.63, 3.8) is 0 Å². The summed E-state index contributed by atoms with van der Waals surface area (Å²) < 4.78 is 10.7. The zero-order chi connectivity index (χ0) is 22.9. The van der Waals surface area contributed by atoms with E-state index in [1.165, 1.54) is 4.90 Å². The second-order valence-corrected chi connectivity index (χ2v) is 7.81. The highest BCUT2D eigenvalue weighted by Crippen LogP contribution is 2.35. The third-order valence-corrected chi connectivity index (χ3v) is 4.81. The van der Waals surface area contributed by atoms with Crippen LogP contribution in [0.5, 0.6) is 11.5 Å². The van der Waals surface area contributed by atoms with Gasteiger partial charge in [-0.15, -0.1) is 0 Å². The Morgan fingerprint density at radius 1 is 1.06 bits per heavy atom. The van der Waals surface area contributed by atoms with Crippen LogP contribution in [0.1, 0.15) is 33.1 Å². The summed E-state index contributed by atoms with van der Waals surface area (Å²) >= 11 is 0. The smallest absolute Gasteiger partial charge is 0.240 e. The lowest BCUT2D eigenvalue weighted by atomic mass is 10.1. The Morgan fingerprint density at radius 3 is 2.62 bits per heavy atom. The molecule has 3 amide bonds. The van der Waals surface area contributed by atoms with Crippen molar-refractivity contribution < 1.29 is 23.9 Å². The quantitative estimate of drug-likeness (QED) is 0.588. The lowest BCUT2D eigenvalue weighted by Gasteiger charge is -2.23. The van der Waals surface area contributed by atoms with E-state index >= 15 is 0 Å². The summed E-state index contributed by atoms with van der Waals surface area (Å²) in [4.78, 5) is 43.1. The summed E-state index contributed by atoms with van der Waals surface area (Å²) in [5.74, 6) is 1.02. The van der Waals surface area contributed by atoms with Crippen molar-refractivity contribution in [1.29, 1.82) is 0 Å². The Hall–Kier alpha value is -3.62. The number of benzene rings is 1. The summed E-state index contributed by atoms with van der Waals surface area (Å²) in [6, 6.07) is 10.2. The molecule has 0 saturated heterocycles. The first-order chi connectivity index (χ1) is 15.4. The van der Waals surface area contributed by atoms with Crippen molar-refractivity contribution >= 4 is 29.2 Å². The van der Waals surface area contributed by atoms with Crippen molar-refractivity contribution in [3.8, 4) is 11.5 Å². The zero-order valence-corrected chi connectivity index (χ0v) is 18.3. The normalized spacial score (nSPS) is 11.8. The van der Waals surface area contributed by atoms with Crippen LogP contribution in [0.15, 0.2) is 42.6 Å². The van der Waals surface area contributed by atoms with E-state index < -0.39 is 0 Å². The predicted octanol–water partition coefficient (Wildman–Crippen LogP) is 2.72. The molecule has 2 aromatic rings. The van der Waals surface area contributed by atoms with Crippen LogP contribution in [0.3, 0.4) is 0 Å². The van der Waals surface area contributed by atoms with E-state index in [1.54, 1.807) is 42.6 Å². The highest BCUT2D eigenvalue weighted by molar-refractivity contribution is 6.01. The summed E-state index contributed by atoms with van der Waals surface area (Å²) in [6.07, 6.45) is 2.31. The van der Waals surface area contributed by atoms with Gasteiger partial charge in [0.1, 0.15) is 12.4 Å². The Morgan fingerprint density at radius 2 is 1.88 bits per heavy atom. The van der Waals surface area contributed by atoms with Gasteiger partial charge in [-0.3, -0.25) is 14.4 Å². The first kappa shape index (κ1) is 23.1. The fourth-order valence-corrected chi connectivity index (χ4v) is 3.07. The number of nitrogens with zero attached hydrogens (tertiary/aromatic N) is 2. The molecule has 0 radical (unpaired) electrons. The average Bonchev–Trinajstić information content (AvgIpc) is 3.24. The summed E-state index contributed by atoms with van der Waals surface area (Å²) in [5.41, 5.74) is 0.503. The van der Waals surface area contributed by atoms with Crippen molar-refractivity contribution in [2.24, 2.45) is 5.92 Å².